The van der Waals surface area contributed by atoms with Crippen molar-refractivity contribution in [2.24, 2.45) is 0 Å². The summed E-state index contributed by atoms with van der Waals surface area (Å²) in [5.41, 5.74) is 1.83. The van der Waals surface area contributed by atoms with Crippen LogP contribution in [-0.2, 0) is 0 Å². The third-order valence-electron chi connectivity index (χ3n) is 6.55. The van der Waals surface area contributed by atoms with Crippen LogP contribution in [0.3, 0.4) is 0 Å². The van der Waals surface area contributed by atoms with Gasteiger partial charge in [0.05, 0.1) is 19.0 Å². The molecule has 2 aromatic heterocycles. The van der Waals surface area contributed by atoms with Crippen molar-refractivity contribution in [3.8, 4) is 17.5 Å². The van der Waals surface area contributed by atoms with Crippen molar-refractivity contribution in [1.29, 1.82) is 5.26 Å². The highest BCUT2D eigenvalue weighted by Crippen LogP contribution is 2.38. The molecule has 4 rings (SSSR count). The average Bonchev–Trinajstić information content (AvgIpc) is 3.32. The Kier molecular flexibility index (Phi) is 6.10. The van der Waals surface area contributed by atoms with E-state index in [4.69, 9.17) is 4.74 Å². The maximum absolute atomic E-state index is 9.65. The minimum absolute atomic E-state index is 0.00748. The van der Waals surface area contributed by atoms with E-state index in [0.717, 1.165) is 18.5 Å². The van der Waals surface area contributed by atoms with Crippen molar-refractivity contribution in [3.05, 3.63) is 36.3 Å². The molecule has 0 saturated carbocycles. The molecule has 0 bridgehead atoms. The second-order valence-electron chi connectivity index (χ2n) is 9.80. The zero-order valence-corrected chi connectivity index (χ0v) is 20.4. The number of methoxy groups -OCH3 is 1. The van der Waals surface area contributed by atoms with Gasteiger partial charge in [0, 0.05) is 34.9 Å². The lowest BCUT2D eigenvalue weighted by Crippen LogP contribution is -2.61. The van der Waals surface area contributed by atoms with Crippen LogP contribution in [-0.4, -0.2) is 66.4 Å². The van der Waals surface area contributed by atoms with Gasteiger partial charge >= 0.3 is 0 Å². The van der Waals surface area contributed by atoms with Gasteiger partial charge in [-0.05, 0) is 64.1 Å². The molecule has 1 aliphatic heterocycles. The average molecular weight is 463 g/mol. The van der Waals surface area contributed by atoms with Gasteiger partial charge in [-0.15, -0.1) is 5.10 Å². The first-order valence-corrected chi connectivity index (χ1v) is 11.1. The zero-order valence-electron chi connectivity index (χ0n) is 20.4. The Balaban J connectivity index is 1.60. The van der Waals surface area contributed by atoms with Crippen LogP contribution < -0.4 is 15.4 Å². The van der Waals surface area contributed by atoms with Gasteiger partial charge in [0.25, 0.3) is 0 Å². The van der Waals surface area contributed by atoms with Gasteiger partial charge in [0.1, 0.15) is 29.5 Å². The third-order valence-corrected chi connectivity index (χ3v) is 6.55. The minimum atomic E-state index is 0.00748. The molecular formula is C23H30N10O. The molecule has 1 aliphatic rings. The molecule has 3 heterocycles. The fourth-order valence-electron chi connectivity index (χ4n) is 4.61. The summed E-state index contributed by atoms with van der Waals surface area (Å²) < 4.78 is 6.95. The number of hydrogen-bond donors (Lipinski definition) is 2. The molecule has 11 nitrogen and oxygen atoms in total. The van der Waals surface area contributed by atoms with Gasteiger partial charge in [0.2, 0.25) is 5.95 Å². The summed E-state index contributed by atoms with van der Waals surface area (Å²) in [7, 11) is 3.76. The first-order chi connectivity index (χ1) is 16.1. The lowest BCUT2D eigenvalue weighted by Gasteiger charge is -2.53. The SMILES string of the molecule is COc1cc(Nc2ncc(C#N)c(NC3CC(C)(C)N(C)C(C)(C)C3)n2)cc(-n2cnnn2)c1. The number of piperidine rings is 1. The molecule has 1 aromatic carbocycles. The number of ether oxygens (including phenoxy) is 1. The van der Waals surface area contributed by atoms with Crippen molar-refractivity contribution in [2.75, 3.05) is 24.8 Å². The van der Waals surface area contributed by atoms with E-state index in [1.54, 1.807) is 7.11 Å². The van der Waals surface area contributed by atoms with E-state index < -0.39 is 0 Å². The molecule has 178 valence electrons. The van der Waals surface area contributed by atoms with E-state index in [1.807, 2.05) is 18.2 Å². The Bertz CT molecular complexity index is 1180. The van der Waals surface area contributed by atoms with Gasteiger partial charge in [0.15, 0.2) is 0 Å². The van der Waals surface area contributed by atoms with Gasteiger partial charge < -0.3 is 15.4 Å². The highest BCUT2D eigenvalue weighted by molar-refractivity contribution is 5.63. The lowest BCUT2D eigenvalue weighted by atomic mass is 9.77. The molecule has 3 aromatic rings. The molecule has 0 aliphatic carbocycles. The number of anilines is 3. The third kappa shape index (κ3) is 4.77. The van der Waals surface area contributed by atoms with Gasteiger partial charge in [-0.3, -0.25) is 4.90 Å². The number of aromatic nitrogens is 6. The van der Waals surface area contributed by atoms with Crippen molar-refractivity contribution in [2.45, 2.75) is 57.7 Å². The van der Waals surface area contributed by atoms with E-state index >= 15 is 0 Å². The van der Waals surface area contributed by atoms with Crippen LogP contribution in [0.25, 0.3) is 5.69 Å². The summed E-state index contributed by atoms with van der Waals surface area (Å²) in [5.74, 6) is 1.51. The molecule has 0 unspecified atom stereocenters. The summed E-state index contributed by atoms with van der Waals surface area (Å²) in [6, 6.07) is 7.87. The number of nitrogens with one attached hydrogen (secondary N) is 2. The molecule has 1 fully saturated rings. The Morgan fingerprint density at radius 2 is 1.88 bits per heavy atom. The minimum Gasteiger partial charge on any atom is -0.497 e. The highest BCUT2D eigenvalue weighted by Gasteiger charge is 2.43. The fraction of sp³-hybridized carbons (Fsp3) is 0.478. The Morgan fingerprint density at radius 1 is 1.15 bits per heavy atom. The Hall–Kier alpha value is -3.78. The second-order valence-corrected chi connectivity index (χ2v) is 9.80. The van der Waals surface area contributed by atoms with E-state index in [-0.39, 0.29) is 17.1 Å². The highest BCUT2D eigenvalue weighted by atomic mass is 16.5. The number of hydrogen-bond acceptors (Lipinski definition) is 10. The summed E-state index contributed by atoms with van der Waals surface area (Å²) in [6.45, 7) is 8.97. The topological polar surface area (TPSA) is 130 Å². The van der Waals surface area contributed by atoms with Crippen LogP contribution in [0.1, 0.15) is 46.1 Å². The van der Waals surface area contributed by atoms with Crippen LogP contribution in [0.4, 0.5) is 17.5 Å². The molecule has 1 saturated heterocycles. The largest absolute Gasteiger partial charge is 0.497 e. The predicted molar refractivity (Wildman–Crippen MR) is 128 cm³/mol. The standard InChI is InChI=1S/C23H30N10O/c1-22(2)10-17(11-23(3,4)32(22)5)27-20-15(12-24)13-25-21(29-20)28-16-7-18(9-19(8-16)34-6)33-14-26-30-31-33/h7-9,13-14,17H,10-11H2,1-6H3,(H2,25,27,28,29). The van der Waals surface area contributed by atoms with Crippen molar-refractivity contribution in [1.82, 2.24) is 35.1 Å². The second kappa shape index (κ2) is 8.87. The summed E-state index contributed by atoms with van der Waals surface area (Å²) >= 11 is 0. The molecule has 0 amide bonds. The molecule has 0 spiro atoms. The smallest absolute Gasteiger partial charge is 0.229 e. The van der Waals surface area contributed by atoms with Crippen LogP contribution in [0.5, 0.6) is 5.75 Å². The Morgan fingerprint density at radius 3 is 2.50 bits per heavy atom. The predicted octanol–water partition coefficient (Wildman–Crippen LogP) is 3.14. The van der Waals surface area contributed by atoms with Crippen LogP contribution >= 0.6 is 0 Å². The first-order valence-electron chi connectivity index (χ1n) is 11.1. The number of nitrogens with zero attached hydrogens (tertiary/aromatic N) is 8. The zero-order chi connectivity index (χ0) is 24.5. The first kappa shape index (κ1) is 23.4. The molecule has 0 atom stereocenters. The number of benzene rings is 1. The summed E-state index contributed by atoms with van der Waals surface area (Å²) in [6.07, 6.45) is 4.89. The maximum atomic E-state index is 9.65. The monoisotopic (exact) mass is 462 g/mol. The van der Waals surface area contributed by atoms with Crippen LogP contribution in [0.15, 0.2) is 30.7 Å². The molecule has 2 N–H and O–H groups in total. The Labute approximate surface area is 199 Å². The summed E-state index contributed by atoms with van der Waals surface area (Å²) in [4.78, 5) is 11.4. The van der Waals surface area contributed by atoms with Crippen LogP contribution in [0.2, 0.25) is 0 Å². The number of nitriles is 1. The quantitative estimate of drug-likeness (QED) is 0.563. The number of tetrazole rings is 1. The van der Waals surface area contributed by atoms with Gasteiger partial charge in [-0.25, -0.2) is 9.67 Å². The number of likely N-dealkylation sites (tertiary alicyclic amines) is 1. The maximum Gasteiger partial charge on any atom is 0.229 e. The van der Waals surface area contributed by atoms with E-state index in [2.05, 4.69) is 81.8 Å². The van der Waals surface area contributed by atoms with Crippen LogP contribution in [0, 0.1) is 11.3 Å². The van der Waals surface area contributed by atoms with E-state index in [1.165, 1.54) is 17.2 Å². The molecule has 34 heavy (non-hydrogen) atoms. The van der Waals surface area contributed by atoms with Crippen molar-refractivity contribution < 1.29 is 4.74 Å². The fourth-order valence-corrected chi connectivity index (χ4v) is 4.61. The van der Waals surface area contributed by atoms with E-state index in [0.29, 0.717) is 28.8 Å². The molecule has 11 heteroatoms. The van der Waals surface area contributed by atoms with Crippen molar-refractivity contribution in [3.63, 3.8) is 0 Å². The molecule has 0 radical (unpaired) electrons. The summed E-state index contributed by atoms with van der Waals surface area (Å²) in [5, 5.41) is 27.7. The van der Waals surface area contributed by atoms with Gasteiger partial charge in [-0.2, -0.15) is 10.2 Å². The normalized spacial score (nSPS) is 17.7. The number of rotatable bonds is 6. The van der Waals surface area contributed by atoms with Gasteiger partial charge in [-0.1, -0.05) is 0 Å². The molecular weight excluding hydrogens is 432 g/mol. The van der Waals surface area contributed by atoms with Crippen molar-refractivity contribution >= 4 is 17.5 Å². The van der Waals surface area contributed by atoms with E-state index in [9.17, 15) is 5.26 Å². The lowest BCUT2D eigenvalue weighted by molar-refractivity contribution is -0.00772.